The lowest BCUT2D eigenvalue weighted by atomic mass is 9.82. The Bertz CT molecular complexity index is 425. The molecule has 1 heterocycles. The highest BCUT2D eigenvalue weighted by atomic mass is 35.5. The minimum atomic E-state index is -0.632. The number of nitrogens with one attached hydrogen (secondary N) is 2. The number of carbonyl (C=O) groups excluding carboxylic acids is 1. The summed E-state index contributed by atoms with van der Waals surface area (Å²) in [7, 11) is 0. The number of hydrogen-bond donors (Lipinski definition) is 3. The van der Waals surface area contributed by atoms with Crippen LogP contribution < -0.4 is 16.4 Å². The van der Waals surface area contributed by atoms with Gasteiger partial charge in [0.05, 0.1) is 5.54 Å². The lowest BCUT2D eigenvalue weighted by Crippen LogP contribution is -2.55. The quantitative estimate of drug-likeness (QED) is 0.690. The van der Waals surface area contributed by atoms with Crippen molar-refractivity contribution in [2.75, 3.05) is 18.4 Å². The highest BCUT2D eigenvalue weighted by molar-refractivity contribution is 5.86. The highest BCUT2D eigenvalue weighted by Gasteiger charge is 2.34. The first-order valence-corrected chi connectivity index (χ1v) is 7.43. The van der Waals surface area contributed by atoms with Crippen LogP contribution in [-0.2, 0) is 4.79 Å². The van der Waals surface area contributed by atoms with Crippen molar-refractivity contribution in [3.05, 3.63) is 24.4 Å². The Labute approximate surface area is 144 Å². The van der Waals surface area contributed by atoms with Gasteiger partial charge in [-0.1, -0.05) is 25.3 Å². The molecule has 1 aliphatic rings. The number of anilines is 1. The topological polar surface area (TPSA) is 80.0 Å². The van der Waals surface area contributed by atoms with Crippen LogP contribution in [0, 0.1) is 0 Å². The first-order chi connectivity index (χ1) is 9.71. The molecule has 126 valence electrons. The van der Waals surface area contributed by atoms with E-state index in [0.29, 0.717) is 6.54 Å². The van der Waals surface area contributed by atoms with Gasteiger partial charge >= 0.3 is 0 Å². The summed E-state index contributed by atoms with van der Waals surface area (Å²) in [5, 5.41) is 6.17. The molecule has 1 aliphatic carbocycles. The van der Waals surface area contributed by atoms with Gasteiger partial charge in [-0.15, -0.1) is 24.8 Å². The molecule has 0 unspecified atom stereocenters. The van der Waals surface area contributed by atoms with Crippen LogP contribution in [0.25, 0.3) is 0 Å². The minimum absolute atomic E-state index is 0. The Balaban J connectivity index is 0.00000220. The molecule has 1 saturated carbocycles. The molecule has 1 fully saturated rings. The van der Waals surface area contributed by atoms with Crippen molar-refractivity contribution in [1.82, 2.24) is 10.3 Å². The molecule has 1 amide bonds. The second-order valence-electron chi connectivity index (χ2n) is 5.47. The maximum Gasteiger partial charge on any atom is 0.240 e. The predicted octanol–water partition coefficient (Wildman–Crippen LogP) is 2.51. The monoisotopic (exact) mass is 348 g/mol. The molecule has 0 aliphatic heterocycles. The first-order valence-electron chi connectivity index (χ1n) is 7.43. The Kier molecular flexibility index (Phi) is 10.1. The molecule has 5 nitrogen and oxygen atoms in total. The van der Waals surface area contributed by atoms with Gasteiger partial charge < -0.3 is 16.4 Å². The number of nitrogens with zero attached hydrogens (tertiary/aromatic N) is 1. The van der Waals surface area contributed by atoms with Gasteiger partial charge in [-0.05, 0) is 31.4 Å². The Morgan fingerprint density at radius 2 is 1.91 bits per heavy atom. The van der Waals surface area contributed by atoms with Gasteiger partial charge in [0.15, 0.2) is 0 Å². The van der Waals surface area contributed by atoms with Crippen molar-refractivity contribution in [1.29, 1.82) is 0 Å². The van der Waals surface area contributed by atoms with Crippen molar-refractivity contribution in [3.8, 4) is 0 Å². The molecule has 1 aromatic heterocycles. The maximum atomic E-state index is 12.1. The summed E-state index contributed by atoms with van der Waals surface area (Å²) < 4.78 is 0. The predicted molar refractivity (Wildman–Crippen MR) is 94.9 cm³/mol. The molecule has 22 heavy (non-hydrogen) atoms. The summed E-state index contributed by atoms with van der Waals surface area (Å²) in [6, 6.07) is 5.75. The fraction of sp³-hybridized carbons (Fsp3) is 0.600. The average molecular weight is 349 g/mol. The largest absolute Gasteiger partial charge is 0.370 e. The number of rotatable bonds is 6. The normalized spacial score (nSPS) is 15.9. The second kappa shape index (κ2) is 10.6. The summed E-state index contributed by atoms with van der Waals surface area (Å²) in [5.74, 6) is 0.872. The summed E-state index contributed by atoms with van der Waals surface area (Å²) in [6.07, 6.45) is 7.55. The van der Waals surface area contributed by atoms with Crippen molar-refractivity contribution in [2.24, 2.45) is 5.73 Å². The zero-order valence-electron chi connectivity index (χ0n) is 12.7. The fourth-order valence-corrected chi connectivity index (χ4v) is 2.56. The number of amides is 1. The second-order valence-corrected chi connectivity index (χ2v) is 5.47. The molecule has 0 spiro atoms. The van der Waals surface area contributed by atoms with E-state index in [0.717, 1.165) is 44.5 Å². The van der Waals surface area contributed by atoms with E-state index in [1.54, 1.807) is 6.20 Å². The van der Waals surface area contributed by atoms with Crippen molar-refractivity contribution >= 4 is 36.5 Å². The average Bonchev–Trinajstić information content (AvgIpc) is 2.48. The molecule has 7 heteroatoms. The van der Waals surface area contributed by atoms with Gasteiger partial charge in [-0.25, -0.2) is 4.98 Å². The molecule has 0 saturated heterocycles. The Morgan fingerprint density at radius 3 is 2.55 bits per heavy atom. The molecule has 2 rings (SSSR count). The van der Waals surface area contributed by atoms with Gasteiger partial charge in [0.2, 0.25) is 5.91 Å². The maximum absolute atomic E-state index is 12.1. The van der Waals surface area contributed by atoms with Gasteiger partial charge in [-0.3, -0.25) is 4.79 Å². The van der Waals surface area contributed by atoms with Gasteiger partial charge in [0.25, 0.3) is 0 Å². The van der Waals surface area contributed by atoms with E-state index in [-0.39, 0.29) is 30.7 Å². The lowest BCUT2D eigenvalue weighted by molar-refractivity contribution is -0.127. The summed E-state index contributed by atoms with van der Waals surface area (Å²) in [4.78, 5) is 16.3. The summed E-state index contributed by atoms with van der Waals surface area (Å²) >= 11 is 0. The van der Waals surface area contributed by atoms with Crippen LogP contribution in [0.3, 0.4) is 0 Å². The third-order valence-electron chi connectivity index (χ3n) is 3.81. The third-order valence-corrected chi connectivity index (χ3v) is 3.81. The number of halogens is 2. The van der Waals surface area contributed by atoms with Crippen LogP contribution in [0.2, 0.25) is 0 Å². The van der Waals surface area contributed by atoms with Crippen LogP contribution in [0.5, 0.6) is 0 Å². The van der Waals surface area contributed by atoms with Gasteiger partial charge in [0, 0.05) is 19.3 Å². The SMILES string of the molecule is Cl.Cl.NC1(C(=O)NCCCNc2ccccn2)CCCCC1. The molecular weight excluding hydrogens is 323 g/mol. The van der Waals surface area contributed by atoms with Crippen LogP contribution in [0.1, 0.15) is 38.5 Å². The third kappa shape index (κ3) is 6.38. The zero-order chi connectivity index (χ0) is 14.3. The van der Waals surface area contributed by atoms with Crippen LogP contribution in [0.4, 0.5) is 5.82 Å². The molecule has 0 aromatic carbocycles. The molecule has 0 radical (unpaired) electrons. The Morgan fingerprint density at radius 1 is 1.18 bits per heavy atom. The first kappa shape index (κ1) is 21.0. The van der Waals surface area contributed by atoms with Crippen molar-refractivity contribution < 1.29 is 4.79 Å². The lowest BCUT2D eigenvalue weighted by Gasteiger charge is -2.31. The fourth-order valence-electron chi connectivity index (χ4n) is 2.56. The van der Waals surface area contributed by atoms with Crippen LogP contribution >= 0.6 is 24.8 Å². The zero-order valence-corrected chi connectivity index (χ0v) is 14.3. The van der Waals surface area contributed by atoms with Gasteiger partial charge in [-0.2, -0.15) is 0 Å². The minimum Gasteiger partial charge on any atom is -0.370 e. The number of hydrogen-bond acceptors (Lipinski definition) is 4. The standard InChI is InChI=1S/C15H24N4O.2ClH/c16-15(8-3-1-4-9-15)14(20)19-12-6-11-18-13-7-2-5-10-17-13;;/h2,5,7,10H,1,3-4,6,8-9,11-12,16H2,(H,17,18)(H,19,20);2*1H. The number of nitrogens with two attached hydrogens (primary N) is 1. The molecule has 0 atom stereocenters. The smallest absolute Gasteiger partial charge is 0.240 e. The van der Waals surface area contributed by atoms with Crippen LogP contribution in [0.15, 0.2) is 24.4 Å². The molecule has 0 bridgehead atoms. The van der Waals surface area contributed by atoms with E-state index in [9.17, 15) is 4.79 Å². The number of aromatic nitrogens is 1. The number of carbonyl (C=O) groups is 1. The molecular formula is C15H26Cl2N4O. The van der Waals surface area contributed by atoms with Crippen molar-refractivity contribution in [2.45, 2.75) is 44.1 Å². The molecule has 1 aromatic rings. The van der Waals surface area contributed by atoms with E-state index in [1.807, 2.05) is 18.2 Å². The van der Waals surface area contributed by atoms with Crippen LogP contribution in [-0.4, -0.2) is 29.5 Å². The summed E-state index contributed by atoms with van der Waals surface area (Å²) in [6.45, 7) is 1.44. The van der Waals surface area contributed by atoms with E-state index in [4.69, 9.17) is 5.73 Å². The number of pyridine rings is 1. The van der Waals surface area contributed by atoms with E-state index >= 15 is 0 Å². The summed E-state index contributed by atoms with van der Waals surface area (Å²) in [5.41, 5.74) is 5.54. The molecule has 4 N–H and O–H groups in total. The van der Waals surface area contributed by atoms with E-state index < -0.39 is 5.54 Å². The van der Waals surface area contributed by atoms with Crippen molar-refractivity contribution in [3.63, 3.8) is 0 Å². The van der Waals surface area contributed by atoms with E-state index in [1.165, 1.54) is 6.42 Å². The van der Waals surface area contributed by atoms with E-state index in [2.05, 4.69) is 15.6 Å². The van der Waals surface area contributed by atoms with Gasteiger partial charge in [0.1, 0.15) is 5.82 Å². The Hall–Kier alpha value is -1.04. The highest BCUT2D eigenvalue weighted by Crippen LogP contribution is 2.25.